The van der Waals surface area contributed by atoms with Crippen LogP contribution in [0.2, 0.25) is 0 Å². The summed E-state index contributed by atoms with van der Waals surface area (Å²) < 4.78 is 10.7. The van der Waals surface area contributed by atoms with Gasteiger partial charge in [0.05, 0.1) is 0 Å². The minimum absolute atomic E-state index is 0.353. The Labute approximate surface area is 103 Å². The molecule has 0 bridgehead atoms. The first-order chi connectivity index (χ1) is 8.33. The quantitative estimate of drug-likeness (QED) is 0.756. The molecule has 0 unspecified atom stereocenters. The van der Waals surface area contributed by atoms with Gasteiger partial charge in [-0.05, 0) is 37.2 Å². The Morgan fingerprint density at radius 1 is 1.18 bits per heavy atom. The van der Waals surface area contributed by atoms with Crippen molar-refractivity contribution >= 4 is 0 Å². The average molecular weight is 235 g/mol. The molecule has 0 spiro atoms. The van der Waals surface area contributed by atoms with Crippen LogP contribution >= 0.6 is 0 Å². The molecule has 1 aliphatic heterocycles. The summed E-state index contributed by atoms with van der Waals surface area (Å²) in [7, 11) is 0. The summed E-state index contributed by atoms with van der Waals surface area (Å²) in [5.74, 6) is 1.75. The van der Waals surface area contributed by atoms with E-state index in [9.17, 15) is 0 Å². The molecule has 1 aromatic rings. The Balaban J connectivity index is 1.97. The summed E-state index contributed by atoms with van der Waals surface area (Å²) in [6.45, 7) is 8.05. The number of rotatable bonds is 6. The highest BCUT2D eigenvalue weighted by atomic mass is 16.7. The fourth-order valence-corrected chi connectivity index (χ4v) is 2.03. The van der Waals surface area contributed by atoms with E-state index < -0.39 is 0 Å². The number of unbranched alkanes of at least 4 members (excludes halogenated alkanes) is 1. The van der Waals surface area contributed by atoms with Crippen LogP contribution in [0.3, 0.4) is 0 Å². The third kappa shape index (κ3) is 3.13. The zero-order valence-corrected chi connectivity index (χ0v) is 10.7. The predicted molar refractivity (Wildman–Crippen MR) is 68.4 cm³/mol. The monoisotopic (exact) mass is 235 g/mol. The molecule has 1 aromatic carbocycles. The minimum Gasteiger partial charge on any atom is -0.454 e. The van der Waals surface area contributed by atoms with E-state index in [1.807, 2.05) is 6.07 Å². The van der Waals surface area contributed by atoms with Gasteiger partial charge in [-0.3, -0.25) is 4.90 Å². The van der Waals surface area contributed by atoms with E-state index in [1.54, 1.807) is 0 Å². The lowest BCUT2D eigenvalue weighted by Gasteiger charge is -2.20. The largest absolute Gasteiger partial charge is 0.454 e. The molecule has 3 nitrogen and oxygen atoms in total. The molecular formula is C14H21NO2. The van der Waals surface area contributed by atoms with Gasteiger partial charge in [0.15, 0.2) is 11.5 Å². The summed E-state index contributed by atoms with van der Waals surface area (Å²) in [4.78, 5) is 2.46. The van der Waals surface area contributed by atoms with Crippen LogP contribution in [0.25, 0.3) is 0 Å². The lowest BCUT2D eigenvalue weighted by atomic mass is 10.2. The van der Waals surface area contributed by atoms with Gasteiger partial charge in [-0.25, -0.2) is 0 Å². The van der Waals surface area contributed by atoms with Crippen LogP contribution in [0.4, 0.5) is 0 Å². The van der Waals surface area contributed by atoms with Crippen LogP contribution in [0, 0.1) is 0 Å². The van der Waals surface area contributed by atoms with Crippen LogP contribution in [0.5, 0.6) is 11.5 Å². The molecule has 3 heteroatoms. The summed E-state index contributed by atoms with van der Waals surface area (Å²) in [6, 6.07) is 6.23. The summed E-state index contributed by atoms with van der Waals surface area (Å²) in [5, 5.41) is 0. The smallest absolute Gasteiger partial charge is 0.231 e. The van der Waals surface area contributed by atoms with Crippen LogP contribution < -0.4 is 9.47 Å². The highest BCUT2D eigenvalue weighted by Gasteiger charge is 2.13. The van der Waals surface area contributed by atoms with Gasteiger partial charge in [0, 0.05) is 6.54 Å². The zero-order valence-electron chi connectivity index (χ0n) is 10.7. The SMILES string of the molecule is CCCCN(CC)Cc1ccc2c(c1)OCO2. The number of ether oxygens (including phenoxy) is 2. The van der Waals surface area contributed by atoms with Crippen molar-refractivity contribution in [3.05, 3.63) is 23.8 Å². The van der Waals surface area contributed by atoms with E-state index in [4.69, 9.17) is 9.47 Å². The van der Waals surface area contributed by atoms with Gasteiger partial charge >= 0.3 is 0 Å². The van der Waals surface area contributed by atoms with Crippen LogP contribution in [0.1, 0.15) is 32.3 Å². The molecule has 94 valence electrons. The molecule has 2 rings (SSSR count). The van der Waals surface area contributed by atoms with Gasteiger partial charge in [0.25, 0.3) is 0 Å². The van der Waals surface area contributed by atoms with Crippen LogP contribution in [-0.4, -0.2) is 24.8 Å². The van der Waals surface area contributed by atoms with E-state index in [0.717, 1.165) is 24.6 Å². The third-order valence-corrected chi connectivity index (χ3v) is 3.12. The van der Waals surface area contributed by atoms with E-state index in [1.165, 1.54) is 24.9 Å². The maximum atomic E-state index is 5.39. The zero-order chi connectivity index (χ0) is 12.1. The average Bonchev–Trinajstić information content (AvgIpc) is 2.81. The summed E-state index contributed by atoms with van der Waals surface area (Å²) in [5.41, 5.74) is 1.30. The Morgan fingerprint density at radius 3 is 2.76 bits per heavy atom. The molecular weight excluding hydrogens is 214 g/mol. The van der Waals surface area contributed by atoms with E-state index in [-0.39, 0.29) is 0 Å². The first-order valence-corrected chi connectivity index (χ1v) is 6.44. The molecule has 0 saturated carbocycles. The number of nitrogens with zero attached hydrogens (tertiary/aromatic N) is 1. The molecule has 0 N–H and O–H groups in total. The minimum atomic E-state index is 0.353. The number of hydrogen-bond donors (Lipinski definition) is 0. The Hall–Kier alpha value is -1.22. The van der Waals surface area contributed by atoms with E-state index >= 15 is 0 Å². The Bertz CT molecular complexity index is 365. The van der Waals surface area contributed by atoms with Gasteiger partial charge in [0.2, 0.25) is 6.79 Å². The fraction of sp³-hybridized carbons (Fsp3) is 0.571. The highest BCUT2D eigenvalue weighted by molar-refractivity contribution is 5.44. The number of benzene rings is 1. The second-order valence-corrected chi connectivity index (χ2v) is 4.41. The third-order valence-electron chi connectivity index (χ3n) is 3.12. The van der Waals surface area contributed by atoms with Crippen molar-refractivity contribution in [2.75, 3.05) is 19.9 Å². The molecule has 1 heterocycles. The highest BCUT2D eigenvalue weighted by Crippen LogP contribution is 2.32. The molecule has 0 atom stereocenters. The molecule has 0 aliphatic carbocycles. The lowest BCUT2D eigenvalue weighted by Crippen LogP contribution is -2.23. The normalized spacial score (nSPS) is 13.4. The van der Waals surface area contributed by atoms with Crippen molar-refractivity contribution in [1.29, 1.82) is 0 Å². The van der Waals surface area contributed by atoms with Crippen molar-refractivity contribution in [3.8, 4) is 11.5 Å². The van der Waals surface area contributed by atoms with Gasteiger partial charge in [-0.2, -0.15) is 0 Å². The van der Waals surface area contributed by atoms with E-state index in [0.29, 0.717) is 6.79 Å². The molecule has 17 heavy (non-hydrogen) atoms. The number of hydrogen-bond acceptors (Lipinski definition) is 3. The van der Waals surface area contributed by atoms with Crippen molar-refractivity contribution in [2.24, 2.45) is 0 Å². The lowest BCUT2D eigenvalue weighted by molar-refractivity contribution is 0.174. The maximum Gasteiger partial charge on any atom is 0.231 e. The second kappa shape index (κ2) is 5.92. The van der Waals surface area contributed by atoms with Crippen molar-refractivity contribution < 1.29 is 9.47 Å². The van der Waals surface area contributed by atoms with Crippen molar-refractivity contribution in [3.63, 3.8) is 0 Å². The van der Waals surface area contributed by atoms with Crippen LogP contribution in [-0.2, 0) is 6.54 Å². The van der Waals surface area contributed by atoms with Gasteiger partial charge < -0.3 is 9.47 Å². The van der Waals surface area contributed by atoms with Gasteiger partial charge in [-0.1, -0.05) is 26.3 Å². The number of fused-ring (bicyclic) bond motifs is 1. The van der Waals surface area contributed by atoms with Crippen molar-refractivity contribution in [2.45, 2.75) is 33.2 Å². The topological polar surface area (TPSA) is 21.7 Å². The molecule has 0 saturated heterocycles. The van der Waals surface area contributed by atoms with Gasteiger partial charge in [-0.15, -0.1) is 0 Å². The predicted octanol–water partition coefficient (Wildman–Crippen LogP) is 3.04. The van der Waals surface area contributed by atoms with Crippen LogP contribution in [0.15, 0.2) is 18.2 Å². The summed E-state index contributed by atoms with van der Waals surface area (Å²) >= 11 is 0. The van der Waals surface area contributed by atoms with Crippen molar-refractivity contribution in [1.82, 2.24) is 4.90 Å². The van der Waals surface area contributed by atoms with E-state index in [2.05, 4.69) is 30.9 Å². The maximum absolute atomic E-state index is 5.39. The first kappa shape index (κ1) is 12.2. The fourth-order valence-electron chi connectivity index (χ4n) is 2.03. The molecule has 0 aromatic heterocycles. The first-order valence-electron chi connectivity index (χ1n) is 6.44. The molecule has 0 fully saturated rings. The van der Waals surface area contributed by atoms with Gasteiger partial charge in [0.1, 0.15) is 0 Å². The summed E-state index contributed by atoms with van der Waals surface area (Å²) in [6.07, 6.45) is 2.51. The molecule has 0 radical (unpaired) electrons. The molecule has 1 aliphatic rings. The Morgan fingerprint density at radius 2 is 2.00 bits per heavy atom. The Kier molecular flexibility index (Phi) is 4.26. The second-order valence-electron chi connectivity index (χ2n) is 4.41. The standard InChI is InChI=1S/C14H21NO2/c1-3-5-8-15(4-2)10-12-6-7-13-14(9-12)17-11-16-13/h6-7,9H,3-5,8,10-11H2,1-2H3. The molecule has 0 amide bonds.